The van der Waals surface area contributed by atoms with Gasteiger partial charge >= 0.3 is 0 Å². The van der Waals surface area contributed by atoms with Gasteiger partial charge in [0.1, 0.15) is 12.8 Å². The van der Waals surface area contributed by atoms with Crippen molar-refractivity contribution in [2.24, 2.45) is 5.16 Å². The van der Waals surface area contributed by atoms with Crippen LogP contribution in [0.15, 0.2) is 28.0 Å². The molecule has 3 nitrogen and oxygen atoms in total. The van der Waals surface area contributed by atoms with E-state index in [4.69, 9.17) is 4.42 Å². The van der Waals surface area contributed by atoms with Crippen molar-refractivity contribution in [1.29, 1.82) is 0 Å². The lowest BCUT2D eigenvalue weighted by Crippen LogP contribution is -1.91. The molecule has 0 spiro atoms. The highest BCUT2D eigenvalue weighted by atomic mass is 16.6. The lowest BCUT2D eigenvalue weighted by Gasteiger charge is -1.91. The summed E-state index contributed by atoms with van der Waals surface area (Å²) in [5.41, 5.74) is 0.743. The van der Waals surface area contributed by atoms with Crippen LogP contribution in [0.4, 0.5) is 0 Å². The highest BCUT2D eigenvalue weighted by molar-refractivity contribution is 5.95. The van der Waals surface area contributed by atoms with E-state index >= 15 is 0 Å². The molecule has 0 aliphatic carbocycles. The number of hydrogen-bond donors (Lipinski definition) is 0. The molecule has 0 unspecified atom stereocenters. The fourth-order valence-electron chi connectivity index (χ4n) is 0.666. The molecular formula is C7H9NO2. The lowest BCUT2D eigenvalue weighted by atomic mass is 10.3. The highest BCUT2D eigenvalue weighted by Crippen LogP contribution is 2.01. The monoisotopic (exact) mass is 139 g/mol. The van der Waals surface area contributed by atoms with Gasteiger partial charge in [0.2, 0.25) is 0 Å². The van der Waals surface area contributed by atoms with Crippen molar-refractivity contribution in [3.8, 4) is 0 Å². The van der Waals surface area contributed by atoms with Crippen molar-refractivity contribution >= 4 is 5.71 Å². The normalized spacial score (nSPS) is 11.6. The van der Waals surface area contributed by atoms with Gasteiger partial charge in [-0.3, -0.25) is 0 Å². The van der Waals surface area contributed by atoms with E-state index in [0.29, 0.717) is 0 Å². The maximum absolute atomic E-state index is 5.04. The Morgan fingerprint density at radius 2 is 2.50 bits per heavy atom. The Bertz CT molecular complexity index is 214. The lowest BCUT2D eigenvalue weighted by molar-refractivity contribution is 0.213. The molecule has 0 aliphatic rings. The molecule has 0 saturated carbocycles. The molecule has 0 aliphatic heterocycles. The summed E-state index contributed by atoms with van der Waals surface area (Å²) in [6.07, 6.45) is 1.60. The van der Waals surface area contributed by atoms with Crippen molar-refractivity contribution < 1.29 is 9.25 Å². The van der Waals surface area contributed by atoms with Gasteiger partial charge in [-0.05, 0) is 19.1 Å². The Hall–Kier alpha value is -1.25. The van der Waals surface area contributed by atoms with Crippen LogP contribution >= 0.6 is 0 Å². The van der Waals surface area contributed by atoms with Crippen LogP contribution in [-0.2, 0) is 4.84 Å². The fraction of sp³-hybridized carbons (Fsp3) is 0.286. The quantitative estimate of drug-likeness (QED) is 0.461. The summed E-state index contributed by atoms with van der Waals surface area (Å²) in [7, 11) is 1.51. The topological polar surface area (TPSA) is 34.7 Å². The summed E-state index contributed by atoms with van der Waals surface area (Å²) >= 11 is 0. The van der Waals surface area contributed by atoms with Crippen LogP contribution < -0.4 is 0 Å². The molecule has 3 heteroatoms. The minimum atomic E-state index is 0.738. The van der Waals surface area contributed by atoms with Gasteiger partial charge in [0.15, 0.2) is 5.76 Å². The molecule has 1 heterocycles. The van der Waals surface area contributed by atoms with Crippen molar-refractivity contribution in [3.63, 3.8) is 0 Å². The van der Waals surface area contributed by atoms with Crippen molar-refractivity contribution in [1.82, 2.24) is 0 Å². The molecule has 10 heavy (non-hydrogen) atoms. The molecule has 0 atom stereocenters. The summed E-state index contributed by atoms with van der Waals surface area (Å²) < 4.78 is 5.04. The molecule has 0 aromatic carbocycles. The predicted octanol–water partition coefficient (Wildman–Crippen LogP) is 1.65. The zero-order chi connectivity index (χ0) is 7.40. The summed E-state index contributed by atoms with van der Waals surface area (Å²) in [6, 6.07) is 3.64. The van der Waals surface area contributed by atoms with Crippen LogP contribution in [-0.4, -0.2) is 12.8 Å². The zero-order valence-corrected chi connectivity index (χ0v) is 6.00. The maximum atomic E-state index is 5.04. The first-order chi connectivity index (χ1) is 4.84. The van der Waals surface area contributed by atoms with E-state index in [0.717, 1.165) is 11.5 Å². The summed E-state index contributed by atoms with van der Waals surface area (Å²) in [5, 5.41) is 3.69. The number of hydrogen-bond acceptors (Lipinski definition) is 3. The van der Waals surface area contributed by atoms with Crippen LogP contribution in [0.3, 0.4) is 0 Å². The molecular weight excluding hydrogens is 130 g/mol. The largest absolute Gasteiger partial charge is 0.463 e. The fourth-order valence-corrected chi connectivity index (χ4v) is 0.666. The second-order valence-electron chi connectivity index (χ2n) is 1.84. The Labute approximate surface area is 59.3 Å². The van der Waals surface area contributed by atoms with Crippen LogP contribution in [0, 0.1) is 0 Å². The predicted molar refractivity (Wildman–Crippen MR) is 37.9 cm³/mol. The molecule has 54 valence electrons. The number of furan rings is 1. The van der Waals surface area contributed by atoms with Gasteiger partial charge in [0.05, 0.1) is 6.26 Å². The van der Waals surface area contributed by atoms with Crippen molar-refractivity contribution in [2.45, 2.75) is 6.92 Å². The summed E-state index contributed by atoms with van der Waals surface area (Å²) in [4.78, 5) is 4.56. The van der Waals surface area contributed by atoms with E-state index in [1.54, 1.807) is 6.26 Å². The van der Waals surface area contributed by atoms with Gasteiger partial charge in [0, 0.05) is 0 Å². The zero-order valence-electron chi connectivity index (χ0n) is 6.00. The molecule has 0 amide bonds. The average molecular weight is 139 g/mol. The molecule has 0 fully saturated rings. The third-order valence-electron chi connectivity index (χ3n) is 1.11. The number of oxime groups is 1. The van der Waals surface area contributed by atoms with E-state index in [-0.39, 0.29) is 0 Å². The first kappa shape index (κ1) is 6.86. The second-order valence-corrected chi connectivity index (χ2v) is 1.84. The van der Waals surface area contributed by atoms with Crippen LogP contribution in [0.1, 0.15) is 12.7 Å². The highest BCUT2D eigenvalue weighted by Gasteiger charge is 1.98. The minimum Gasteiger partial charge on any atom is -0.463 e. The van der Waals surface area contributed by atoms with Crippen molar-refractivity contribution in [2.75, 3.05) is 7.11 Å². The first-order valence-corrected chi connectivity index (χ1v) is 2.96. The van der Waals surface area contributed by atoms with Gasteiger partial charge in [-0.15, -0.1) is 0 Å². The molecule has 1 rings (SSSR count). The third kappa shape index (κ3) is 1.37. The van der Waals surface area contributed by atoms with Crippen molar-refractivity contribution in [3.05, 3.63) is 24.2 Å². The number of rotatable bonds is 2. The molecule has 1 aromatic rings. The van der Waals surface area contributed by atoms with Gasteiger partial charge in [0.25, 0.3) is 0 Å². The Morgan fingerprint density at radius 3 is 3.00 bits per heavy atom. The number of nitrogens with zero attached hydrogens (tertiary/aromatic N) is 1. The smallest absolute Gasteiger partial charge is 0.151 e. The Balaban J connectivity index is 2.77. The van der Waals surface area contributed by atoms with E-state index in [1.807, 2.05) is 19.1 Å². The summed E-state index contributed by atoms with van der Waals surface area (Å²) in [5.74, 6) is 0.738. The van der Waals surface area contributed by atoms with Crippen LogP contribution in [0.25, 0.3) is 0 Å². The SMILES string of the molecule is CON=C(C)c1ccco1. The van der Waals surface area contributed by atoms with E-state index < -0.39 is 0 Å². The Kier molecular flexibility index (Phi) is 2.10. The molecule has 1 aromatic heterocycles. The third-order valence-corrected chi connectivity index (χ3v) is 1.11. The summed E-state index contributed by atoms with van der Waals surface area (Å²) in [6.45, 7) is 1.82. The van der Waals surface area contributed by atoms with Crippen LogP contribution in [0.2, 0.25) is 0 Å². The van der Waals surface area contributed by atoms with Gasteiger partial charge < -0.3 is 9.25 Å². The van der Waals surface area contributed by atoms with E-state index in [2.05, 4.69) is 9.99 Å². The van der Waals surface area contributed by atoms with Crippen LogP contribution in [0.5, 0.6) is 0 Å². The second kappa shape index (κ2) is 3.06. The molecule has 0 N–H and O–H groups in total. The standard InChI is InChI=1S/C7H9NO2/c1-6(8-9-2)7-4-3-5-10-7/h3-5H,1-2H3. The van der Waals surface area contributed by atoms with E-state index in [9.17, 15) is 0 Å². The average Bonchev–Trinajstić information content (AvgIpc) is 2.38. The minimum absolute atomic E-state index is 0.738. The molecule has 0 radical (unpaired) electrons. The van der Waals surface area contributed by atoms with Gasteiger partial charge in [-0.25, -0.2) is 0 Å². The maximum Gasteiger partial charge on any atom is 0.151 e. The molecule has 0 saturated heterocycles. The molecule has 0 bridgehead atoms. The van der Waals surface area contributed by atoms with Gasteiger partial charge in [-0.2, -0.15) is 0 Å². The first-order valence-electron chi connectivity index (χ1n) is 2.96. The van der Waals surface area contributed by atoms with Gasteiger partial charge in [-0.1, -0.05) is 5.16 Å². The van der Waals surface area contributed by atoms with E-state index in [1.165, 1.54) is 7.11 Å². The Morgan fingerprint density at radius 1 is 1.70 bits per heavy atom.